The summed E-state index contributed by atoms with van der Waals surface area (Å²) < 4.78 is 16.2. The number of aliphatic carboxylic acids is 1. The van der Waals surface area contributed by atoms with Crippen LogP contribution in [0.2, 0.25) is 0 Å². The molecule has 3 rings (SSSR count). The summed E-state index contributed by atoms with van der Waals surface area (Å²) >= 11 is 0. The molecule has 27 heavy (non-hydrogen) atoms. The Labute approximate surface area is 154 Å². The number of fused-ring (bicyclic) bond motifs is 1. The molecule has 0 aromatic carbocycles. The average Bonchev–Trinajstić information content (AvgIpc) is 2.99. The van der Waals surface area contributed by atoms with E-state index in [1.807, 2.05) is 0 Å². The smallest absolute Gasteiger partial charge is 0.335 e. The molecule has 0 aromatic heterocycles. The van der Waals surface area contributed by atoms with Crippen LogP contribution in [-0.4, -0.2) is 98.0 Å². The van der Waals surface area contributed by atoms with Gasteiger partial charge in [-0.15, -0.1) is 0 Å². The van der Waals surface area contributed by atoms with Gasteiger partial charge in [-0.2, -0.15) is 0 Å². The number of aliphatic hydroxyl groups is 6. The summed E-state index contributed by atoms with van der Waals surface area (Å²) in [5.41, 5.74) is -0.155. The van der Waals surface area contributed by atoms with Crippen molar-refractivity contribution in [3.63, 3.8) is 0 Å². The second-order valence-corrected chi connectivity index (χ2v) is 7.07. The molecule has 0 aromatic rings. The lowest BCUT2D eigenvalue weighted by Gasteiger charge is -2.43. The summed E-state index contributed by atoms with van der Waals surface area (Å²) in [4.78, 5) is 11.4. The average molecular weight is 392 g/mol. The van der Waals surface area contributed by atoms with Gasteiger partial charge in [-0.25, -0.2) is 4.79 Å². The van der Waals surface area contributed by atoms with Gasteiger partial charge in [0.1, 0.15) is 24.4 Å². The Morgan fingerprint density at radius 3 is 2.37 bits per heavy atom. The number of hydrogen-bond acceptors (Lipinski definition) is 10. The van der Waals surface area contributed by atoms with E-state index in [4.69, 9.17) is 14.2 Å². The fourth-order valence-corrected chi connectivity index (χ4v) is 4.10. The van der Waals surface area contributed by atoms with Crippen molar-refractivity contribution in [2.75, 3.05) is 13.2 Å². The van der Waals surface area contributed by atoms with Gasteiger partial charge in [-0.05, 0) is 12.3 Å². The van der Waals surface area contributed by atoms with Crippen LogP contribution in [0.15, 0.2) is 11.8 Å². The minimum atomic E-state index is -1.66. The Morgan fingerprint density at radius 2 is 1.78 bits per heavy atom. The van der Waals surface area contributed by atoms with Crippen molar-refractivity contribution >= 4 is 5.97 Å². The summed E-state index contributed by atoms with van der Waals surface area (Å²) in [5, 5.41) is 68.2. The van der Waals surface area contributed by atoms with E-state index in [1.54, 1.807) is 0 Å². The molecule has 10 unspecified atom stereocenters. The van der Waals surface area contributed by atoms with E-state index in [1.165, 1.54) is 0 Å². The first-order valence-corrected chi connectivity index (χ1v) is 8.63. The fraction of sp³-hybridized carbons (Fsp3) is 0.812. The molecule has 0 amide bonds. The molecule has 0 bridgehead atoms. The maximum Gasteiger partial charge on any atom is 0.335 e. The molecule has 1 saturated heterocycles. The van der Waals surface area contributed by atoms with E-state index < -0.39 is 73.4 Å². The third-order valence-corrected chi connectivity index (χ3v) is 5.52. The highest BCUT2D eigenvalue weighted by atomic mass is 16.8. The van der Waals surface area contributed by atoms with Gasteiger partial charge in [-0.3, -0.25) is 0 Å². The van der Waals surface area contributed by atoms with E-state index in [0.717, 1.165) is 6.26 Å². The van der Waals surface area contributed by atoms with E-state index in [9.17, 15) is 40.5 Å². The quantitative estimate of drug-likeness (QED) is 0.249. The van der Waals surface area contributed by atoms with Crippen molar-refractivity contribution < 1.29 is 54.8 Å². The van der Waals surface area contributed by atoms with Crippen LogP contribution in [0.5, 0.6) is 0 Å². The molecule has 2 aliphatic heterocycles. The molecule has 11 nitrogen and oxygen atoms in total. The van der Waals surface area contributed by atoms with Crippen LogP contribution in [0, 0.1) is 17.8 Å². The van der Waals surface area contributed by atoms with Crippen molar-refractivity contribution in [1.82, 2.24) is 0 Å². The van der Waals surface area contributed by atoms with E-state index in [-0.39, 0.29) is 18.6 Å². The fourth-order valence-electron chi connectivity index (χ4n) is 4.10. The SMILES string of the molecule is O=C(O)C1=COC(OC2OC(CO)C(O)C(O)C2O)C2C(CO)CC(O)C12. The zero-order valence-electron chi connectivity index (χ0n) is 14.2. The molecule has 0 spiro atoms. The van der Waals surface area contributed by atoms with E-state index in [2.05, 4.69) is 0 Å². The largest absolute Gasteiger partial charge is 0.478 e. The molecule has 1 saturated carbocycles. The Morgan fingerprint density at radius 1 is 1.07 bits per heavy atom. The van der Waals surface area contributed by atoms with E-state index >= 15 is 0 Å². The second-order valence-electron chi connectivity index (χ2n) is 7.07. The number of hydrogen-bond donors (Lipinski definition) is 7. The highest BCUT2D eigenvalue weighted by Crippen LogP contribution is 2.47. The molecule has 2 heterocycles. The Balaban J connectivity index is 1.82. The zero-order valence-corrected chi connectivity index (χ0v) is 14.2. The van der Waals surface area contributed by atoms with Gasteiger partial charge < -0.3 is 50.0 Å². The van der Waals surface area contributed by atoms with Crippen LogP contribution in [0.3, 0.4) is 0 Å². The zero-order chi connectivity index (χ0) is 19.9. The van der Waals surface area contributed by atoms with Crippen molar-refractivity contribution in [2.45, 2.75) is 49.5 Å². The van der Waals surface area contributed by atoms with Crippen LogP contribution >= 0.6 is 0 Å². The minimum Gasteiger partial charge on any atom is -0.478 e. The van der Waals surface area contributed by atoms with Gasteiger partial charge in [0.25, 0.3) is 0 Å². The first-order valence-electron chi connectivity index (χ1n) is 8.63. The van der Waals surface area contributed by atoms with Crippen molar-refractivity contribution in [3.05, 3.63) is 11.8 Å². The minimum absolute atomic E-state index is 0.133. The summed E-state index contributed by atoms with van der Waals surface area (Å²) in [6.45, 7) is -0.980. The second kappa shape index (κ2) is 7.97. The molecular formula is C16H24O11. The molecule has 11 heteroatoms. The number of carbonyl (C=O) groups is 1. The molecule has 10 atom stereocenters. The third kappa shape index (κ3) is 3.57. The molecule has 3 aliphatic rings. The highest BCUT2D eigenvalue weighted by Gasteiger charge is 2.54. The topological polar surface area (TPSA) is 186 Å². The normalized spacial score (nSPS) is 47.1. The molecule has 1 aliphatic carbocycles. The van der Waals surface area contributed by atoms with Crippen molar-refractivity contribution in [1.29, 1.82) is 0 Å². The lowest BCUT2D eigenvalue weighted by Crippen LogP contribution is -2.60. The number of carboxylic acid groups (broad SMARTS) is 1. The molecule has 2 fully saturated rings. The van der Waals surface area contributed by atoms with Crippen LogP contribution in [0.25, 0.3) is 0 Å². The van der Waals surface area contributed by atoms with Crippen LogP contribution in [0.1, 0.15) is 6.42 Å². The molecule has 0 radical (unpaired) electrons. The first-order chi connectivity index (χ1) is 12.8. The first kappa shape index (κ1) is 20.4. The number of aliphatic hydroxyl groups excluding tert-OH is 6. The van der Waals surface area contributed by atoms with Gasteiger partial charge >= 0.3 is 5.97 Å². The maximum atomic E-state index is 11.4. The molecule has 154 valence electrons. The van der Waals surface area contributed by atoms with Crippen molar-refractivity contribution in [2.24, 2.45) is 17.8 Å². The number of ether oxygens (including phenoxy) is 3. The highest BCUT2D eigenvalue weighted by molar-refractivity contribution is 5.87. The Hall–Kier alpha value is -1.31. The van der Waals surface area contributed by atoms with E-state index in [0.29, 0.717) is 0 Å². The number of rotatable bonds is 5. The lowest BCUT2D eigenvalue weighted by molar-refractivity contribution is -0.343. The maximum absolute atomic E-state index is 11.4. The Bertz CT molecular complexity index is 579. The summed E-state index contributed by atoms with van der Waals surface area (Å²) in [6.07, 6.45) is -8.66. The predicted octanol–water partition coefficient (Wildman–Crippen LogP) is -3.27. The summed E-state index contributed by atoms with van der Waals surface area (Å²) in [5.74, 6) is -3.39. The Kier molecular flexibility index (Phi) is 6.03. The van der Waals surface area contributed by atoms with Crippen LogP contribution in [-0.2, 0) is 19.0 Å². The van der Waals surface area contributed by atoms with Gasteiger partial charge in [0.2, 0.25) is 6.29 Å². The van der Waals surface area contributed by atoms with Crippen LogP contribution in [0.4, 0.5) is 0 Å². The summed E-state index contributed by atoms with van der Waals surface area (Å²) in [6, 6.07) is 0. The van der Waals surface area contributed by atoms with Crippen molar-refractivity contribution in [3.8, 4) is 0 Å². The van der Waals surface area contributed by atoms with Gasteiger partial charge in [0, 0.05) is 18.4 Å². The predicted molar refractivity (Wildman–Crippen MR) is 83.6 cm³/mol. The summed E-state index contributed by atoms with van der Waals surface area (Å²) in [7, 11) is 0. The standard InChI is InChI=1S/C16H24O11/c17-2-5-1-7(19)10-6(14(23)24)4-25-15(9(5)10)27-16-13(22)12(21)11(20)8(3-18)26-16/h4-5,7-13,15-22H,1-3H2,(H,23,24). The molecular weight excluding hydrogens is 368 g/mol. The monoisotopic (exact) mass is 392 g/mol. The van der Waals surface area contributed by atoms with Gasteiger partial charge in [0.05, 0.1) is 24.5 Å². The lowest BCUT2D eigenvalue weighted by atomic mass is 9.82. The van der Waals surface area contributed by atoms with Gasteiger partial charge in [0.15, 0.2) is 6.29 Å². The van der Waals surface area contributed by atoms with Gasteiger partial charge in [-0.1, -0.05) is 0 Å². The molecule has 7 N–H and O–H groups in total. The third-order valence-electron chi connectivity index (χ3n) is 5.52. The van der Waals surface area contributed by atoms with Crippen LogP contribution < -0.4 is 0 Å². The number of carboxylic acids is 1.